The van der Waals surface area contributed by atoms with Crippen molar-refractivity contribution in [2.24, 2.45) is 5.92 Å². The van der Waals surface area contributed by atoms with Crippen LogP contribution in [-0.4, -0.2) is 32.1 Å². The first-order valence-electron chi connectivity index (χ1n) is 7.53. The highest BCUT2D eigenvalue weighted by Crippen LogP contribution is 2.46. The first-order chi connectivity index (χ1) is 9.97. The van der Waals surface area contributed by atoms with Crippen molar-refractivity contribution in [1.82, 2.24) is 5.32 Å². The van der Waals surface area contributed by atoms with Crippen LogP contribution in [-0.2, 0) is 0 Å². The van der Waals surface area contributed by atoms with Gasteiger partial charge in [0.05, 0.1) is 6.10 Å². The molecule has 21 heavy (non-hydrogen) atoms. The SMILES string of the molecule is CCN(CC1CC1)c1sc(C(=O)NC)c(N)c1OC(C)C. The molecule has 1 heterocycles. The van der Waals surface area contributed by atoms with Crippen LogP contribution in [0.4, 0.5) is 10.7 Å². The quantitative estimate of drug-likeness (QED) is 0.812. The first kappa shape index (κ1) is 15.9. The highest BCUT2D eigenvalue weighted by molar-refractivity contribution is 7.19. The molecule has 1 aliphatic carbocycles. The zero-order chi connectivity index (χ0) is 15.6. The van der Waals surface area contributed by atoms with Crippen molar-refractivity contribution in [3.63, 3.8) is 0 Å². The van der Waals surface area contributed by atoms with Crippen LogP contribution >= 0.6 is 11.3 Å². The Labute approximate surface area is 130 Å². The van der Waals surface area contributed by atoms with Crippen molar-refractivity contribution in [3.05, 3.63) is 4.88 Å². The lowest BCUT2D eigenvalue weighted by atomic mass is 10.3. The number of carbonyl (C=O) groups is 1. The van der Waals surface area contributed by atoms with E-state index < -0.39 is 0 Å². The largest absolute Gasteiger partial charge is 0.486 e. The molecule has 0 radical (unpaired) electrons. The van der Waals surface area contributed by atoms with Crippen molar-refractivity contribution < 1.29 is 9.53 Å². The number of nitrogens with zero attached hydrogens (tertiary/aromatic N) is 1. The second-order valence-corrected chi connectivity index (χ2v) is 6.71. The van der Waals surface area contributed by atoms with Gasteiger partial charge < -0.3 is 20.7 Å². The van der Waals surface area contributed by atoms with E-state index in [0.29, 0.717) is 16.3 Å². The molecule has 1 aliphatic rings. The van der Waals surface area contributed by atoms with Crippen molar-refractivity contribution in [2.45, 2.75) is 39.7 Å². The smallest absolute Gasteiger partial charge is 0.263 e. The van der Waals surface area contributed by atoms with E-state index in [1.54, 1.807) is 7.05 Å². The molecule has 6 heteroatoms. The molecule has 0 atom stereocenters. The number of hydrogen-bond donors (Lipinski definition) is 2. The van der Waals surface area contributed by atoms with Gasteiger partial charge in [-0.1, -0.05) is 0 Å². The summed E-state index contributed by atoms with van der Waals surface area (Å²) in [6.07, 6.45) is 2.61. The van der Waals surface area contributed by atoms with E-state index in [4.69, 9.17) is 10.5 Å². The predicted molar refractivity (Wildman–Crippen MR) is 88.5 cm³/mol. The van der Waals surface area contributed by atoms with E-state index in [9.17, 15) is 4.79 Å². The Hall–Kier alpha value is -1.43. The van der Waals surface area contributed by atoms with Gasteiger partial charge >= 0.3 is 0 Å². The van der Waals surface area contributed by atoms with Gasteiger partial charge in [0, 0.05) is 20.1 Å². The minimum atomic E-state index is -0.153. The summed E-state index contributed by atoms with van der Waals surface area (Å²) >= 11 is 1.43. The van der Waals surface area contributed by atoms with Crippen molar-refractivity contribution in [1.29, 1.82) is 0 Å². The normalized spacial score (nSPS) is 14.3. The van der Waals surface area contributed by atoms with Gasteiger partial charge in [0.1, 0.15) is 15.6 Å². The Morgan fingerprint density at radius 3 is 2.67 bits per heavy atom. The fourth-order valence-electron chi connectivity index (χ4n) is 2.22. The van der Waals surface area contributed by atoms with E-state index in [2.05, 4.69) is 17.1 Å². The monoisotopic (exact) mass is 311 g/mol. The van der Waals surface area contributed by atoms with Crippen LogP contribution in [0.1, 0.15) is 43.3 Å². The summed E-state index contributed by atoms with van der Waals surface area (Å²) < 4.78 is 5.90. The molecule has 1 aromatic heterocycles. The van der Waals surface area contributed by atoms with Crippen LogP contribution < -0.4 is 20.7 Å². The molecule has 0 aromatic carbocycles. The third-order valence-corrected chi connectivity index (χ3v) is 4.76. The lowest BCUT2D eigenvalue weighted by Gasteiger charge is -2.23. The number of hydrogen-bond acceptors (Lipinski definition) is 5. The summed E-state index contributed by atoms with van der Waals surface area (Å²) in [5.74, 6) is 1.28. The maximum absolute atomic E-state index is 12.0. The Morgan fingerprint density at radius 2 is 2.19 bits per heavy atom. The van der Waals surface area contributed by atoms with Gasteiger partial charge in [-0.05, 0) is 39.5 Å². The van der Waals surface area contributed by atoms with Crippen LogP contribution in [0.2, 0.25) is 0 Å². The van der Waals surface area contributed by atoms with E-state index in [1.807, 2.05) is 13.8 Å². The minimum Gasteiger partial charge on any atom is -0.486 e. The molecule has 0 aliphatic heterocycles. The third-order valence-electron chi connectivity index (χ3n) is 3.51. The zero-order valence-corrected chi connectivity index (χ0v) is 14.0. The number of rotatable bonds is 7. The molecule has 118 valence electrons. The Kier molecular flexibility index (Phi) is 4.98. The van der Waals surface area contributed by atoms with E-state index in [-0.39, 0.29) is 12.0 Å². The Morgan fingerprint density at radius 1 is 1.52 bits per heavy atom. The van der Waals surface area contributed by atoms with Gasteiger partial charge in [0.2, 0.25) is 0 Å². The molecular formula is C15H25N3O2S. The second kappa shape index (κ2) is 6.56. The fourth-order valence-corrected chi connectivity index (χ4v) is 3.40. The van der Waals surface area contributed by atoms with Crippen molar-refractivity contribution in [2.75, 3.05) is 30.8 Å². The Balaban J connectivity index is 2.37. The average molecular weight is 311 g/mol. The van der Waals surface area contributed by atoms with E-state index in [0.717, 1.165) is 24.0 Å². The molecule has 0 saturated heterocycles. The average Bonchev–Trinajstić information content (AvgIpc) is 3.22. The van der Waals surface area contributed by atoms with Gasteiger partial charge in [-0.2, -0.15) is 0 Å². The van der Waals surface area contributed by atoms with E-state index in [1.165, 1.54) is 24.2 Å². The molecule has 1 saturated carbocycles. The molecule has 5 nitrogen and oxygen atoms in total. The summed E-state index contributed by atoms with van der Waals surface area (Å²) in [5, 5.41) is 3.62. The highest BCUT2D eigenvalue weighted by atomic mass is 32.1. The van der Waals surface area contributed by atoms with Crippen molar-refractivity contribution >= 4 is 27.9 Å². The number of thiophene rings is 1. The first-order valence-corrected chi connectivity index (χ1v) is 8.35. The standard InChI is InChI=1S/C15H25N3O2S/c1-5-18(8-10-6-7-10)15-12(20-9(2)3)11(16)13(21-15)14(19)17-4/h9-10H,5-8,16H2,1-4H3,(H,17,19). The number of amides is 1. The number of anilines is 2. The maximum atomic E-state index is 12.0. The minimum absolute atomic E-state index is 0.0258. The van der Waals surface area contributed by atoms with Gasteiger partial charge in [-0.3, -0.25) is 4.79 Å². The second-order valence-electron chi connectivity index (χ2n) is 5.71. The van der Waals surface area contributed by atoms with Gasteiger partial charge in [-0.25, -0.2) is 0 Å². The predicted octanol–water partition coefficient (Wildman–Crippen LogP) is 2.71. The van der Waals surface area contributed by atoms with Gasteiger partial charge in [0.15, 0.2) is 5.75 Å². The van der Waals surface area contributed by atoms with Gasteiger partial charge in [0.25, 0.3) is 5.91 Å². The molecule has 0 bridgehead atoms. The molecule has 3 N–H and O–H groups in total. The lowest BCUT2D eigenvalue weighted by molar-refractivity contribution is 0.0967. The maximum Gasteiger partial charge on any atom is 0.263 e. The van der Waals surface area contributed by atoms with Crippen LogP contribution in [0.3, 0.4) is 0 Å². The number of ether oxygens (including phenoxy) is 1. The molecule has 1 fully saturated rings. The Bertz CT molecular complexity index is 509. The summed E-state index contributed by atoms with van der Waals surface area (Å²) in [5.41, 5.74) is 6.62. The number of carbonyl (C=O) groups excluding carboxylic acids is 1. The summed E-state index contributed by atoms with van der Waals surface area (Å²) in [6, 6.07) is 0. The van der Waals surface area contributed by atoms with Crippen molar-refractivity contribution in [3.8, 4) is 5.75 Å². The molecule has 0 spiro atoms. The number of nitrogens with one attached hydrogen (secondary N) is 1. The van der Waals surface area contributed by atoms with Crippen LogP contribution in [0.25, 0.3) is 0 Å². The molecule has 2 rings (SSSR count). The molecule has 0 unspecified atom stereocenters. The summed E-state index contributed by atoms with van der Waals surface area (Å²) in [4.78, 5) is 14.8. The highest BCUT2D eigenvalue weighted by Gasteiger charge is 2.29. The lowest BCUT2D eigenvalue weighted by Crippen LogP contribution is -2.25. The zero-order valence-electron chi connectivity index (χ0n) is 13.2. The molecule has 1 amide bonds. The van der Waals surface area contributed by atoms with E-state index >= 15 is 0 Å². The van der Waals surface area contributed by atoms with Crippen LogP contribution in [0.5, 0.6) is 5.75 Å². The summed E-state index contributed by atoms with van der Waals surface area (Å²) in [7, 11) is 1.62. The number of nitrogens with two attached hydrogens (primary N) is 1. The summed E-state index contributed by atoms with van der Waals surface area (Å²) in [6.45, 7) is 7.96. The topological polar surface area (TPSA) is 67.6 Å². The fraction of sp³-hybridized carbons (Fsp3) is 0.667. The molecule has 1 aromatic rings. The van der Waals surface area contributed by atoms with Gasteiger partial charge in [-0.15, -0.1) is 11.3 Å². The van der Waals surface area contributed by atoms with Crippen LogP contribution in [0.15, 0.2) is 0 Å². The number of nitrogen functional groups attached to an aromatic ring is 1. The van der Waals surface area contributed by atoms with Crippen LogP contribution in [0, 0.1) is 5.92 Å². The molecular weight excluding hydrogens is 286 g/mol. The third kappa shape index (κ3) is 3.61.